The van der Waals surface area contributed by atoms with Crippen LogP contribution >= 0.6 is 0 Å². The number of sulfone groups is 1. The highest BCUT2D eigenvalue weighted by molar-refractivity contribution is 7.90. The van der Waals surface area contributed by atoms with Gasteiger partial charge in [-0.15, -0.1) is 0 Å². The highest BCUT2D eigenvalue weighted by Crippen LogP contribution is 2.50. The number of allylic oxidation sites excluding steroid dienone is 1. The molecule has 0 N–H and O–H groups in total. The van der Waals surface area contributed by atoms with Gasteiger partial charge in [-0.3, -0.25) is 0 Å². The Balaban J connectivity index is 1.03. The van der Waals surface area contributed by atoms with Crippen molar-refractivity contribution in [2.24, 2.45) is 34.7 Å². The average Bonchev–Trinajstić information content (AvgIpc) is 3.70. The van der Waals surface area contributed by atoms with Crippen molar-refractivity contribution in [1.82, 2.24) is 9.88 Å². The van der Waals surface area contributed by atoms with Crippen LogP contribution in [-0.2, 0) is 14.7 Å². The monoisotopic (exact) mass is 473 g/mol. The number of likely N-dealkylation sites (tertiary alicyclic amines) is 1. The summed E-state index contributed by atoms with van der Waals surface area (Å²) >= 11 is 0. The number of oxime groups is 1. The predicted octanol–water partition coefficient (Wildman–Crippen LogP) is 4.27. The van der Waals surface area contributed by atoms with Gasteiger partial charge in [0.1, 0.15) is 0 Å². The molecule has 0 amide bonds. The lowest BCUT2D eigenvalue weighted by atomic mass is 9.90. The van der Waals surface area contributed by atoms with E-state index in [1.54, 1.807) is 12.1 Å². The van der Waals surface area contributed by atoms with E-state index in [4.69, 9.17) is 9.57 Å². The first-order valence-corrected chi connectivity index (χ1v) is 14.3. The highest BCUT2D eigenvalue weighted by atomic mass is 32.2. The first-order chi connectivity index (χ1) is 15.9. The highest BCUT2D eigenvalue weighted by Gasteiger charge is 2.43. The molecule has 3 unspecified atom stereocenters. The average molecular weight is 474 g/mol. The van der Waals surface area contributed by atoms with E-state index in [2.05, 4.69) is 28.0 Å². The van der Waals surface area contributed by atoms with Gasteiger partial charge in [0.15, 0.2) is 9.84 Å². The van der Waals surface area contributed by atoms with E-state index < -0.39 is 9.84 Å². The lowest BCUT2D eigenvalue weighted by Crippen LogP contribution is -2.34. The van der Waals surface area contributed by atoms with Gasteiger partial charge in [-0.1, -0.05) is 12.1 Å². The molecule has 0 radical (unpaired) electrons. The van der Waals surface area contributed by atoms with E-state index in [0.29, 0.717) is 24.3 Å². The number of piperidine rings is 1. The van der Waals surface area contributed by atoms with Gasteiger partial charge >= 0.3 is 0 Å². The van der Waals surface area contributed by atoms with Crippen LogP contribution in [0.5, 0.6) is 5.88 Å². The van der Waals surface area contributed by atoms with Gasteiger partial charge < -0.3 is 14.5 Å². The molecule has 1 aromatic rings. The molecule has 2 aliphatic carbocycles. The molecule has 7 nitrogen and oxygen atoms in total. The van der Waals surface area contributed by atoms with E-state index in [9.17, 15) is 8.42 Å². The van der Waals surface area contributed by atoms with Crippen molar-refractivity contribution in [3.63, 3.8) is 0 Å². The Morgan fingerprint density at radius 1 is 1.18 bits per heavy atom. The quantitative estimate of drug-likeness (QED) is 0.561. The second-order valence-corrected chi connectivity index (χ2v) is 12.3. The van der Waals surface area contributed by atoms with Crippen LogP contribution in [0.3, 0.4) is 0 Å². The molecular weight excluding hydrogens is 438 g/mol. The van der Waals surface area contributed by atoms with Gasteiger partial charge in [-0.05, 0) is 74.8 Å². The topological polar surface area (TPSA) is 81.1 Å². The van der Waals surface area contributed by atoms with Crippen molar-refractivity contribution in [3.05, 3.63) is 30.3 Å². The van der Waals surface area contributed by atoms with Crippen LogP contribution in [0.1, 0.15) is 51.9 Å². The normalized spacial score (nSPS) is 28.4. The van der Waals surface area contributed by atoms with Crippen molar-refractivity contribution < 1.29 is 18.0 Å². The van der Waals surface area contributed by atoms with Crippen molar-refractivity contribution in [1.29, 1.82) is 0 Å². The van der Waals surface area contributed by atoms with Crippen molar-refractivity contribution >= 4 is 15.5 Å². The van der Waals surface area contributed by atoms with E-state index in [1.807, 2.05) is 0 Å². The molecule has 3 heterocycles. The molecule has 3 fully saturated rings. The fourth-order valence-corrected chi connectivity index (χ4v) is 5.94. The molecule has 3 atom stereocenters. The Kier molecular flexibility index (Phi) is 6.38. The third-order valence-electron chi connectivity index (χ3n) is 7.70. The zero-order valence-corrected chi connectivity index (χ0v) is 20.5. The molecular formula is C25H35N3O4S. The van der Waals surface area contributed by atoms with Gasteiger partial charge in [0.25, 0.3) is 0 Å². The smallest absolute Gasteiger partial charge is 0.221 e. The number of nitrogens with zero attached hydrogens (tertiary/aromatic N) is 3. The zero-order chi connectivity index (χ0) is 23.0. The van der Waals surface area contributed by atoms with Gasteiger partial charge in [0.05, 0.1) is 17.2 Å². The Bertz CT molecular complexity index is 1010. The minimum absolute atomic E-state index is 0.220. The summed E-state index contributed by atoms with van der Waals surface area (Å²) in [5, 5.41) is 4.53. The Morgan fingerprint density at radius 3 is 2.64 bits per heavy atom. The molecule has 8 heteroatoms. The molecule has 2 saturated carbocycles. The number of rotatable bonds is 8. The second kappa shape index (κ2) is 9.28. The van der Waals surface area contributed by atoms with Gasteiger partial charge in [-0.2, -0.15) is 0 Å². The number of hydrogen-bond donors (Lipinski definition) is 0. The van der Waals surface area contributed by atoms with E-state index in [1.165, 1.54) is 50.3 Å². The molecule has 4 aliphatic rings. The summed E-state index contributed by atoms with van der Waals surface area (Å²) in [7, 11) is -3.22. The Hall–Kier alpha value is -2.09. The molecule has 33 heavy (non-hydrogen) atoms. The fraction of sp³-hybridized carbons (Fsp3) is 0.680. The number of ether oxygens (including phenoxy) is 1. The number of hydrogen-bond acceptors (Lipinski definition) is 7. The maximum Gasteiger partial charge on any atom is 0.221 e. The zero-order valence-electron chi connectivity index (χ0n) is 19.7. The maximum absolute atomic E-state index is 11.5. The minimum atomic E-state index is -3.22. The summed E-state index contributed by atoms with van der Waals surface area (Å²) in [6, 6.07) is 3.19. The van der Waals surface area contributed by atoms with Gasteiger partial charge in [-0.25, -0.2) is 13.4 Å². The molecule has 0 spiro atoms. The maximum atomic E-state index is 11.5. The van der Waals surface area contributed by atoms with Crippen LogP contribution in [0.25, 0.3) is 0 Å². The third kappa shape index (κ3) is 5.53. The lowest BCUT2D eigenvalue weighted by Gasteiger charge is -2.33. The number of aromatic nitrogens is 1. The predicted molar refractivity (Wildman–Crippen MR) is 126 cm³/mol. The van der Waals surface area contributed by atoms with Crippen LogP contribution in [-0.4, -0.2) is 50.0 Å². The summed E-state index contributed by atoms with van der Waals surface area (Å²) in [5.41, 5.74) is 1.26. The first-order valence-electron chi connectivity index (χ1n) is 12.4. The van der Waals surface area contributed by atoms with E-state index >= 15 is 0 Å². The fourth-order valence-electron chi connectivity index (χ4n) is 5.38. The largest absolute Gasteiger partial charge is 0.478 e. The summed E-state index contributed by atoms with van der Waals surface area (Å²) in [5.74, 6) is 4.94. The molecule has 180 valence electrons. The third-order valence-corrected chi connectivity index (χ3v) is 8.80. The van der Waals surface area contributed by atoms with Crippen molar-refractivity contribution in [3.8, 4) is 5.88 Å². The van der Waals surface area contributed by atoms with Crippen LogP contribution in [0.2, 0.25) is 0 Å². The summed E-state index contributed by atoms with van der Waals surface area (Å²) in [6.07, 6.45) is 13.1. The second-order valence-electron chi connectivity index (χ2n) is 10.3. The number of pyridine rings is 1. The van der Waals surface area contributed by atoms with Crippen LogP contribution in [0, 0.1) is 29.6 Å². The lowest BCUT2D eigenvalue weighted by molar-refractivity contribution is 0.0864. The van der Waals surface area contributed by atoms with E-state index in [0.717, 1.165) is 49.6 Å². The first kappa shape index (κ1) is 22.7. The molecule has 0 aromatic carbocycles. The molecule has 1 saturated heterocycles. The minimum Gasteiger partial charge on any atom is -0.478 e. The van der Waals surface area contributed by atoms with Crippen LogP contribution in [0.15, 0.2) is 40.3 Å². The summed E-state index contributed by atoms with van der Waals surface area (Å²) < 4.78 is 28.8. The molecule has 0 bridgehead atoms. The van der Waals surface area contributed by atoms with Crippen LogP contribution in [0.4, 0.5) is 0 Å². The Labute approximate surface area is 197 Å². The van der Waals surface area contributed by atoms with Crippen molar-refractivity contribution in [2.75, 3.05) is 26.0 Å². The van der Waals surface area contributed by atoms with Gasteiger partial charge in [0.2, 0.25) is 11.8 Å². The molecule has 2 aliphatic heterocycles. The van der Waals surface area contributed by atoms with Crippen LogP contribution < -0.4 is 4.74 Å². The SMILES string of the molecule is CC1CC=C(N2CCC(C3CC3CCOc3ccc(S(C)(=O)=O)cn3)CC2)ON=C1C1CC1. The summed E-state index contributed by atoms with van der Waals surface area (Å²) in [4.78, 5) is 12.6. The van der Waals surface area contributed by atoms with Crippen molar-refractivity contribution in [2.45, 2.75) is 56.8 Å². The summed E-state index contributed by atoms with van der Waals surface area (Å²) in [6.45, 7) is 5.00. The van der Waals surface area contributed by atoms with Gasteiger partial charge in [0, 0.05) is 43.4 Å². The van der Waals surface area contributed by atoms with E-state index in [-0.39, 0.29) is 4.90 Å². The molecule has 5 rings (SSSR count). The Morgan fingerprint density at radius 2 is 1.97 bits per heavy atom. The molecule has 1 aromatic heterocycles. The standard InChI is InChI=1S/C25H35N3O4S/c1-17-3-8-24(32-27-25(17)19-4-5-19)28-12-9-18(10-13-28)22-15-20(22)11-14-31-23-7-6-21(16-26-23)33(2,29)30/h6-8,16-20,22H,3-5,9-15H2,1-2H3.